The first kappa shape index (κ1) is 20.3. The van der Waals surface area contributed by atoms with Crippen LogP contribution >= 0.6 is 0 Å². The molecule has 3 amide bonds. The van der Waals surface area contributed by atoms with Gasteiger partial charge in [0.05, 0.1) is 18.2 Å². The fourth-order valence-corrected chi connectivity index (χ4v) is 3.65. The van der Waals surface area contributed by atoms with Crippen molar-refractivity contribution in [3.8, 4) is 5.75 Å². The zero-order valence-electron chi connectivity index (χ0n) is 16.9. The third kappa shape index (κ3) is 4.48. The number of methoxy groups -OCH3 is 1. The van der Waals surface area contributed by atoms with Crippen molar-refractivity contribution in [2.24, 2.45) is 0 Å². The van der Waals surface area contributed by atoms with E-state index in [4.69, 9.17) is 9.47 Å². The van der Waals surface area contributed by atoms with Crippen LogP contribution in [0.1, 0.15) is 28.0 Å². The molecule has 8 nitrogen and oxygen atoms in total. The van der Waals surface area contributed by atoms with E-state index in [2.05, 4.69) is 15.6 Å². The Morgan fingerprint density at radius 3 is 2.58 bits per heavy atom. The number of imide groups is 1. The van der Waals surface area contributed by atoms with Gasteiger partial charge in [0.15, 0.2) is 6.61 Å². The van der Waals surface area contributed by atoms with Crippen LogP contribution in [0.2, 0.25) is 0 Å². The predicted molar refractivity (Wildman–Crippen MR) is 114 cm³/mol. The number of amides is 3. The van der Waals surface area contributed by atoms with Crippen molar-refractivity contribution in [2.45, 2.75) is 19.3 Å². The number of hydrogen-bond donors (Lipinski definition) is 2. The second kappa shape index (κ2) is 8.83. The van der Waals surface area contributed by atoms with Gasteiger partial charge in [-0.15, -0.1) is 0 Å². The van der Waals surface area contributed by atoms with Crippen molar-refractivity contribution in [1.29, 1.82) is 0 Å². The van der Waals surface area contributed by atoms with Gasteiger partial charge in [0.2, 0.25) is 0 Å². The van der Waals surface area contributed by atoms with Crippen LogP contribution in [0.5, 0.6) is 5.75 Å². The quantitative estimate of drug-likeness (QED) is 0.615. The second-order valence-corrected chi connectivity index (χ2v) is 7.09. The lowest BCUT2D eigenvalue weighted by Crippen LogP contribution is -2.37. The number of anilines is 1. The highest BCUT2D eigenvalue weighted by Gasteiger charge is 2.25. The van der Waals surface area contributed by atoms with Crippen LogP contribution in [0.15, 0.2) is 48.5 Å². The van der Waals surface area contributed by atoms with Crippen LogP contribution in [-0.4, -0.2) is 36.6 Å². The number of nitrogens with one attached hydrogen (secondary N) is 2. The Bertz CT molecular complexity index is 1160. The molecule has 0 atom stereocenters. The average Bonchev–Trinajstić information content (AvgIpc) is 3.24. The summed E-state index contributed by atoms with van der Waals surface area (Å²) in [4.78, 5) is 41.5. The first-order valence-electron chi connectivity index (χ1n) is 9.87. The van der Waals surface area contributed by atoms with Gasteiger partial charge in [-0.2, -0.15) is 0 Å². The van der Waals surface area contributed by atoms with E-state index in [0.717, 1.165) is 36.0 Å². The molecule has 0 unspecified atom stereocenters. The summed E-state index contributed by atoms with van der Waals surface area (Å²) in [6, 6.07) is 13.3. The number of ether oxygens (including phenoxy) is 2. The van der Waals surface area contributed by atoms with Crippen molar-refractivity contribution in [1.82, 2.24) is 10.3 Å². The number of hydrogen-bond acceptors (Lipinski definition) is 6. The Kier molecular flexibility index (Phi) is 5.79. The standard InChI is InChI=1S/C23H21N3O5/c1-30-15-11-9-14(10-12-15)24-23(29)26-20(27)13-31-22(28)21-16-5-2-3-7-18(16)25-19-8-4-6-17(19)21/h2-3,5,7,9-12H,4,6,8,13H2,1H3,(H2,24,26,27,29). The van der Waals surface area contributed by atoms with E-state index >= 15 is 0 Å². The maximum absolute atomic E-state index is 12.8. The molecular weight excluding hydrogens is 398 g/mol. The SMILES string of the molecule is COc1ccc(NC(=O)NC(=O)COC(=O)c2c3c(nc4ccccc24)CCC3)cc1. The average molecular weight is 419 g/mol. The molecule has 158 valence electrons. The number of pyridine rings is 1. The third-order valence-electron chi connectivity index (χ3n) is 5.06. The number of nitrogens with zero attached hydrogens (tertiary/aromatic N) is 1. The molecule has 1 heterocycles. The molecule has 0 bridgehead atoms. The fraction of sp³-hybridized carbons (Fsp3) is 0.217. The molecule has 0 saturated heterocycles. The maximum atomic E-state index is 12.8. The van der Waals surface area contributed by atoms with Crippen LogP contribution in [-0.2, 0) is 22.4 Å². The highest BCUT2D eigenvalue weighted by atomic mass is 16.5. The van der Waals surface area contributed by atoms with Gasteiger partial charge >= 0.3 is 12.0 Å². The topological polar surface area (TPSA) is 107 Å². The van der Waals surface area contributed by atoms with E-state index in [9.17, 15) is 14.4 Å². The highest BCUT2D eigenvalue weighted by Crippen LogP contribution is 2.30. The summed E-state index contributed by atoms with van der Waals surface area (Å²) in [5.74, 6) is -0.680. The van der Waals surface area contributed by atoms with E-state index in [1.54, 1.807) is 24.3 Å². The summed E-state index contributed by atoms with van der Waals surface area (Å²) in [5, 5.41) is 5.37. The van der Waals surface area contributed by atoms with Gasteiger partial charge in [-0.3, -0.25) is 15.1 Å². The Balaban J connectivity index is 1.39. The van der Waals surface area contributed by atoms with E-state index in [0.29, 0.717) is 22.4 Å². The largest absolute Gasteiger partial charge is 0.497 e. The minimum atomic E-state index is -0.727. The molecule has 2 N–H and O–H groups in total. The summed E-state index contributed by atoms with van der Waals surface area (Å²) in [5.41, 5.74) is 3.43. The molecule has 0 aliphatic heterocycles. The van der Waals surface area contributed by atoms with Crippen LogP contribution < -0.4 is 15.4 Å². The normalized spacial score (nSPS) is 12.2. The number of urea groups is 1. The molecule has 2 aromatic carbocycles. The number of carbonyl (C=O) groups is 3. The first-order valence-corrected chi connectivity index (χ1v) is 9.87. The number of aromatic nitrogens is 1. The Morgan fingerprint density at radius 1 is 1.03 bits per heavy atom. The number of fused-ring (bicyclic) bond motifs is 2. The van der Waals surface area contributed by atoms with Gasteiger partial charge in [-0.05, 0) is 55.2 Å². The summed E-state index contributed by atoms with van der Waals surface area (Å²) >= 11 is 0. The Labute approximate surface area is 178 Å². The monoisotopic (exact) mass is 419 g/mol. The van der Waals surface area contributed by atoms with E-state index in [1.165, 1.54) is 7.11 Å². The minimum absolute atomic E-state index is 0.452. The minimum Gasteiger partial charge on any atom is -0.497 e. The van der Waals surface area contributed by atoms with Gasteiger partial charge in [-0.25, -0.2) is 9.59 Å². The van der Waals surface area contributed by atoms with Crippen molar-refractivity contribution in [3.63, 3.8) is 0 Å². The molecule has 0 fully saturated rings. The summed E-state index contributed by atoms with van der Waals surface area (Å²) < 4.78 is 10.3. The number of para-hydroxylation sites is 1. The molecule has 0 spiro atoms. The van der Waals surface area contributed by atoms with E-state index in [-0.39, 0.29) is 0 Å². The molecule has 4 rings (SSSR count). The second-order valence-electron chi connectivity index (χ2n) is 7.09. The Morgan fingerprint density at radius 2 is 1.81 bits per heavy atom. The van der Waals surface area contributed by atoms with Crippen molar-refractivity contribution in [2.75, 3.05) is 19.0 Å². The Hall–Kier alpha value is -3.94. The van der Waals surface area contributed by atoms with E-state index < -0.39 is 24.5 Å². The number of esters is 1. The van der Waals surface area contributed by atoms with Gasteiger partial charge in [0.25, 0.3) is 5.91 Å². The lowest BCUT2D eigenvalue weighted by atomic mass is 10.0. The molecule has 3 aromatic rings. The highest BCUT2D eigenvalue weighted by molar-refractivity contribution is 6.06. The lowest BCUT2D eigenvalue weighted by Gasteiger charge is -2.12. The molecule has 31 heavy (non-hydrogen) atoms. The zero-order chi connectivity index (χ0) is 21.8. The number of rotatable bonds is 5. The number of aryl methyl sites for hydroxylation is 1. The summed E-state index contributed by atoms with van der Waals surface area (Å²) in [6.45, 7) is -0.569. The molecule has 1 aliphatic carbocycles. The number of carbonyl (C=O) groups excluding carboxylic acids is 3. The van der Waals surface area contributed by atoms with Crippen LogP contribution in [0.4, 0.5) is 10.5 Å². The van der Waals surface area contributed by atoms with Crippen molar-refractivity contribution >= 4 is 34.5 Å². The maximum Gasteiger partial charge on any atom is 0.339 e. The molecule has 0 radical (unpaired) electrons. The molecular formula is C23H21N3O5. The van der Waals surface area contributed by atoms with Crippen LogP contribution in [0.3, 0.4) is 0 Å². The van der Waals surface area contributed by atoms with Crippen LogP contribution in [0.25, 0.3) is 10.9 Å². The predicted octanol–water partition coefficient (Wildman–Crippen LogP) is 3.24. The summed E-state index contributed by atoms with van der Waals surface area (Å²) in [7, 11) is 1.54. The zero-order valence-corrected chi connectivity index (χ0v) is 16.9. The van der Waals surface area contributed by atoms with Crippen molar-refractivity contribution < 1.29 is 23.9 Å². The molecule has 1 aliphatic rings. The van der Waals surface area contributed by atoms with Gasteiger partial charge < -0.3 is 14.8 Å². The van der Waals surface area contributed by atoms with Gasteiger partial charge in [0, 0.05) is 16.8 Å². The summed E-state index contributed by atoms with van der Waals surface area (Å²) in [6.07, 6.45) is 2.48. The molecule has 0 saturated carbocycles. The lowest BCUT2D eigenvalue weighted by molar-refractivity contribution is -0.123. The fourth-order valence-electron chi connectivity index (χ4n) is 3.65. The van der Waals surface area contributed by atoms with Gasteiger partial charge in [-0.1, -0.05) is 18.2 Å². The van der Waals surface area contributed by atoms with Crippen molar-refractivity contribution in [3.05, 3.63) is 65.4 Å². The van der Waals surface area contributed by atoms with E-state index in [1.807, 2.05) is 24.3 Å². The molecule has 8 heteroatoms. The molecule has 1 aromatic heterocycles. The third-order valence-corrected chi connectivity index (χ3v) is 5.06. The smallest absolute Gasteiger partial charge is 0.339 e. The number of benzene rings is 2. The first-order chi connectivity index (χ1) is 15.0. The van der Waals surface area contributed by atoms with Crippen LogP contribution in [0, 0.1) is 0 Å². The van der Waals surface area contributed by atoms with Gasteiger partial charge in [0.1, 0.15) is 5.75 Å².